The Morgan fingerprint density at radius 3 is 2.44 bits per heavy atom. The third-order valence-electron chi connectivity index (χ3n) is 3.49. The highest BCUT2D eigenvalue weighted by molar-refractivity contribution is 7.99. The number of alkyl carbamates (subject to hydrolysis) is 1. The molecular formula is C15H20N4O4S2. The zero-order valence-corrected chi connectivity index (χ0v) is 15.6. The van der Waals surface area contributed by atoms with Crippen LogP contribution in [0, 0.1) is 5.41 Å². The fraction of sp³-hybridized carbons (Fsp3) is 0.467. The molecule has 0 bridgehead atoms. The maximum Gasteiger partial charge on any atom is 0.408 e. The Morgan fingerprint density at radius 2 is 1.96 bits per heavy atom. The third-order valence-corrected chi connectivity index (χ3v) is 4.88. The van der Waals surface area contributed by atoms with Crippen LogP contribution in [-0.4, -0.2) is 27.8 Å². The van der Waals surface area contributed by atoms with Gasteiger partial charge in [0.2, 0.25) is 0 Å². The average molecular weight is 384 g/mol. The molecule has 0 aliphatic rings. The molecule has 8 nitrogen and oxygen atoms in total. The van der Waals surface area contributed by atoms with Gasteiger partial charge in [-0.2, -0.15) is 25.3 Å². The van der Waals surface area contributed by atoms with E-state index in [-0.39, 0.29) is 17.6 Å². The number of hydrogen-bond acceptors (Lipinski definition) is 6. The molecule has 1 aromatic carbocycles. The molecule has 0 saturated heterocycles. The van der Waals surface area contributed by atoms with E-state index in [1.165, 1.54) is 0 Å². The zero-order valence-electron chi connectivity index (χ0n) is 13.8. The molecule has 0 aromatic heterocycles. The van der Waals surface area contributed by atoms with E-state index in [0.717, 1.165) is 0 Å². The van der Waals surface area contributed by atoms with Gasteiger partial charge in [0.25, 0.3) is 0 Å². The van der Waals surface area contributed by atoms with Crippen molar-refractivity contribution in [1.82, 2.24) is 5.32 Å². The van der Waals surface area contributed by atoms with Crippen molar-refractivity contribution in [2.75, 3.05) is 0 Å². The standard InChI is InChI=1S/C15H20N4O4S2/c1-15(2,13(24)25)7-11(12(20)21)17-14(22)23-8-9-3-5-10(6-4-9)18-19-16/h3-6,11,13,24-25H,7-8H2,1-2H3,(H,17,22)(H,20,21)/t11-/m0/s1. The van der Waals surface area contributed by atoms with Crippen LogP contribution in [0.3, 0.4) is 0 Å². The van der Waals surface area contributed by atoms with Crippen molar-refractivity contribution in [3.8, 4) is 0 Å². The van der Waals surface area contributed by atoms with Crippen LogP contribution >= 0.6 is 25.3 Å². The number of carboxylic acid groups (broad SMARTS) is 1. The molecule has 0 saturated carbocycles. The van der Waals surface area contributed by atoms with Crippen LogP contribution in [0.2, 0.25) is 0 Å². The lowest BCUT2D eigenvalue weighted by molar-refractivity contribution is -0.140. The summed E-state index contributed by atoms with van der Waals surface area (Å²) in [4.78, 5) is 25.9. The maximum atomic E-state index is 11.9. The fourth-order valence-corrected chi connectivity index (χ4v) is 2.09. The third kappa shape index (κ3) is 7.16. The normalized spacial score (nSPS) is 12.2. The van der Waals surface area contributed by atoms with E-state index in [2.05, 4.69) is 40.6 Å². The van der Waals surface area contributed by atoms with Crippen LogP contribution in [0.25, 0.3) is 10.4 Å². The van der Waals surface area contributed by atoms with Gasteiger partial charge in [-0.1, -0.05) is 43.2 Å². The number of carbonyl (C=O) groups excluding carboxylic acids is 1. The minimum Gasteiger partial charge on any atom is -0.480 e. The summed E-state index contributed by atoms with van der Waals surface area (Å²) < 4.78 is 4.68. The van der Waals surface area contributed by atoms with Crippen LogP contribution in [0.15, 0.2) is 29.4 Å². The molecule has 1 rings (SSSR count). The predicted molar refractivity (Wildman–Crippen MR) is 100 cm³/mol. The van der Waals surface area contributed by atoms with Crippen molar-refractivity contribution in [3.63, 3.8) is 0 Å². The van der Waals surface area contributed by atoms with Crippen molar-refractivity contribution < 1.29 is 19.4 Å². The molecule has 0 unspecified atom stereocenters. The summed E-state index contributed by atoms with van der Waals surface area (Å²) >= 11 is 8.44. The molecule has 0 fully saturated rings. The Balaban J connectivity index is 2.60. The molecule has 0 spiro atoms. The fourth-order valence-electron chi connectivity index (χ4n) is 1.87. The molecule has 1 amide bonds. The number of nitrogens with one attached hydrogen (secondary N) is 1. The van der Waals surface area contributed by atoms with E-state index in [1.54, 1.807) is 24.3 Å². The zero-order chi connectivity index (χ0) is 19.0. The first-order valence-corrected chi connectivity index (χ1v) is 8.35. The number of carbonyl (C=O) groups is 2. The summed E-state index contributed by atoms with van der Waals surface area (Å²) in [7, 11) is 0. The first-order chi connectivity index (χ1) is 11.7. The summed E-state index contributed by atoms with van der Waals surface area (Å²) in [6.45, 7) is 3.58. The van der Waals surface area contributed by atoms with Crippen LogP contribution in [0.4, 0.5) is 10.5 Å². The second kappa shape index (κ2) is 9.45. The molecule has 1 aromatic rings. The monoisotopic (exact) mass is 384 g/mol. The van der Waals surface area contributed by atoms with Gasteiger partial charge in [0.15, 0.2) is 0 Å². The molecule has 25 heavy (non-hydrogen) atoms. The van der Waals surface area contributed by atoms with Gasteiger partial charge in [0.05, 0.1) is 0 Å². The topological polar surface area (TPSA) is 124 Å². The smallest absolute Gasteiger partial charge is 0.408 e. The molecule has 1 atom stereocenters. The van der Waals surface area contributed by atoms with Gasteiger partial charge in [0.1, 0.15) is 12.6 Å². The molecule has 0 aliphatic heterocycles. The molecule has 10 heteroatoms. The average Bonchev–Trinajstić information content (AvgIpc) is 2.53. The molecule has 136 valence electrons. The van der Waals surface area contributed by atoms with Crippen molar-refractivity contribution >= 4 is 43.0 Å². The van der Waals surface area contributed by atoms with Crippen molar-refractivity contribution in [2.24, 2.45) is 10.5 Å². The Kier molecular flexibility index (Phi) is 7.95. The number of benzene rings is 1. The van der Waals surface area contributed by atoms with Gasteiger partial charge in [-0.3, -0.25) is 0 Å². The first kappa shape index (κ1) is 21.0. The van der Waals surface area contributed by atoms with Crippen LogP contribution in [-0.2, 0) is 16.1 Å². The highest BCUT2D eigenvalue weighted by atomic mass is 32.2. The summed E-state index contributed by atoms with van der Waals surface area (Å²) in [6.07, 6.45) is -0.687. The van der Waals surface area contributed by atoms with Crippen LogP contribution < -0.4 is 5.32 Å². The maximum absolute atomic E-state index is 11.9. The number of nitrogens with zero attached hydrogens (tertiary/aromatic N) is 3. The number of carboxylic acids is 1. The molecular weight excluding hydrogens is 364 g/mol. The minimum atomic E-state index is -1.16. The first-order valence-electron chi connectivity index (χ1n) is 7.32. The number of rotatable bonds is 8. The Hall–Kier alpha value is -2.03. The molecule has 0 aliphatic carbocycles. The highest BCUT2D eigenvalue weighted by Gasteiger charge is 2.32. The molecule has 0 heterocycles. The second-order valence-corrected chi connectivity index (χ2v) is 7.47. The SMILES string of the molecule is CC(C)(C[C@H](NC(=O)OCc1ccc(N=[N+]=[N-])cc1)C(=O)O)C(S)S. The quantitative estimate of drug-likeness (QED) is 0.178. The van der Waals surface area contributed by atoms with E-state index in [9.17, 15) is 14.7 Å². The van der Waals surface area contributed by atoms with Gasteiger partial charge < -0.3 is 15.2 Å². The Labute approximate surface area is 156 Å². The Bertz CT molecular complexity index is 658. The van der Waals surface area contributed by atoms with Crippen LogP contribution in [0.5, 0.6) is 0 Å². The number of aliphatic carboxylic acids is 1. The number of hydrogen-bond donors (Lipinski definition) is 4. The summed E-state index contributed by atoms with van der Waals surface area (Å²) in [5.41, 5.74) is 8.93. The second-order valence-electron chi connectivity index (χ2n) is 6.03. The van der Waals surface area contributed by atoms with Gasteiger partial charge in [-0.25, -0.2) is 9.59 Å². The van der Waals surface area contributed by atoms with Gasteiger partial charge in [-0.05, 0) is 22.9 Å². The van der Waals surface area contributed by atoms with Gasteiger partial charge in [0, 0.05) is 15.2 Å². The number of thiol groups is 2. The minimum absolute atomic E-state index is 0.0418. The van der Waals surface area contributed by atoms with E-state index in [0.29, 0.717) is 11.3 Å². The van der Waals surface area contributed by atoms with E-state index >= 15 is 0 Å². The Morgan fingerprint density at radius 1 is 1.36 bits per heavy atom. The lowest BCUT2D eigenvalue weighted by Gasteiger charge is -2.30. The predicted octanol–water partition coefficient (Wildman–Crippen LogP) is 3.91. The number of azide groups is 1. The highest BCUT2D eigenvalue weighted by Crippen LogP contribution is 2.32. The summed E-state index contributed by atoms with van der Waals surface area (Å²) in [5, 5.41) is 15.0. The van der Waals surface area contributed by atoms with E-state index in [4.69, 9.17) is 10.3 Å². The number of amides is 1. The lowest BCUT2D eigenvalue weighted by atomic mass is 9.87. The van der Waals surface area contributed by atoms with Crippen molar-refractivity contribution in [3.05, 3.63) is 40.3 Å². The van der Waals surface area contributed by atoms with Crippen molar-refractivity contribution in [1.29, 1.82) is 0 Å². The van der Waals surface area contributed by atoms with Gasteiger partial charge in [-0.15, -0.1) is 0 Å². The van der Waals surface area contributed by atoms with Crippen LogP contribution in [0.1, 0.15) is 25.8 Å². The number of ether oxygens (including phenoxy) is 1. The lowest BCUT2D eigenvalue weighted by Crippen LogP contribution is -2.44. The summed E-state index contributed by atoms with van der Waals surface area (Å²) in [6, 6.07) is 5.33. The van der Waals surface area contributed by atoms with Gasteiger partial charge >= 0.3 is 12.1 Å². The summed E-state index contributed by atoms with van der Waals surface area (Å²) in [5.74, 6) is -1.16. The van der Waals surface area contributed by atoms with E-state index < -0.39 is 23.5 Å². The molecule has 0 radical (unpaired) electrons. The van der Waals surface area contributed by atoms with Crippen molar-refractivity contribution in [2.45, 2.75) is 37.5 Å². The molecule has 2 N–H and O–H groups in total. The van der Waals surface area contributed by atoms with E-state index in [1.807, 2.05) is 13.8 Å². The largest absolute Gasteiger partial charge is 0.480 e.